The average molecular weight is 266 g/mol. The molecule has 2 amide bonds. The molecular weight excluding hydrogens is 247 g/mol. The van der Waals surface area contributed by atoms with Crippen molar-refractivity contribution in [1.29, 1.82) is 0 Å². The molecule has 1 aromatic carbocycles. The number of aliphatic hydroxyl groups is 1. The number of halogens is 1. The number of hydrogen-bond acceptors (Lipinski definition) is 2. The van der Waals surface area contributed by atoms with Crippen molar-refractivity contribution in [3.63, 3.8) is 0 Å². The maximum Gasteiger partial charge on any atom is 0.317 e. The summed E-state index contributed by atoms with van der Waals surface area (Å²) in [5.41, 5.74) is 1.32. The molecule has 0 bridgehead atoms. The lowest BCUT2D eigenvalue weighted by Crippen LogP contribution is -2.46. The number of nitrogens with zero attached hydrogens (tertiary/aromatic N) is 1. The summed E-state index contributed by atoms with van der Waals surface area (Å²) in [5.74, 6) is -0.264. The predicted octanol–water partition coefficient (Wildman–Crippen LogP) is 1.80. The first kappa shape index (κ1) is 13.8. The molecule has 1 aliphatic rings. The molecule has 2 rings (SSSR count). The van der Waals surface area contributed by atoms with E-state index in [2.05, 4.69) is 5.32 Å². The lowest BCUT2D eigenvalue weighted by molar-refractivity contribution is 0.0842. The number of carbonyl (C=O) groups is 1. The monoisotopic (exact) mass is 266 g/mol. The molecule has 1 aromatic rings. The van der Waals surface area contributed by atoms with Crippen LogP contribution in [0.15, 0.2) is 18.2 Å². The van der Waals surface area contributed by atoms with Gasteiger partial charge in [-0.15, -0.1) is 0 Å². The van der Waals surface area contributed by atoms with E-state index in [0.29, 0.717) is 25.2 Å². The van der Waals surface area contributed by atoms with E-state index in [-0.39, 0.29) is 11.8 Å². The zero-order valence-electron chi connectivity index (χ0n) is 11.0. The largest absolute Gasteiger partial charge is 0.391 e. The van der Waals surface area contributed by atoms with E-state index in [1.54, 1.807) is 24.0 Å². The second-order valence-electron chi connectivity index (χ2n) is 4.98. The van der Waals surface area contributed by atoms with Gasteiger partial charge in [-0.25, -0.2) is 9.18 Å². The lowest BCUT2D eigenvalue weighted by atomic mass is 10.1. The van der Waals surface area contributed by atoms with Crippen LogP contribution in [0.4, 0.5) is 9.18 Å². The highest BCUT2D eigenvalue weighted by Crippen LogP contribution is 2.11. The molecule has 19 heavy (non-hydrogen) atoms. The predicted molar refractivity (Wildman–Crippen MR) is 70.2 cm³/mol. The Bertz CT molecular complexity index is 465. The van der Waals surface area contributed by atoms with Gasteiger partial charge in [-0.05, 0) is 37.0 Å². The standard InChI is InChI=1S/C14H19FN2O2/c1-10-4-5-11(7-13(10)15)8-16-14(19)17-6-2-3-12(18)9-17/h4-5,7,12,18H,2-3,6,8-9H2,1H3,(H,16,19). The molecule has 0 saturated carbocycles. The van der Waals surface area contributed by atoms with Crippen LogP contribution in [-0.2, 0) is 6.54 Å². The summed E-state index contributed by atoms with van der Waals surface area (Å²) < 4.78 is 13.4. The van der Waals surface area contributed by atoms with Gasteiger partial charge in [0.25, 0.3) is 0 Å². The van der Waals surface area contributed by atoms with Crippen molar-refractivity contribution in [2.24, 2.45) is 0 Å². The van der Waals surface area contributed by atoms with Crippen molar-refractivity contribution in [2.45, 2.75) is 32.4 Å². The molecule has 0 aliphatic carbocycles. The van der Waals surface area contributed by atoms with Crippen LogP contribution in [0, 0.1) is 12.7 Å². The number of rotatable bonds is 2. The third kappa shape index (κ3) is 3.67. The summed E-state index contributed by atoms with van der Waals surface area (Å²) in [7, 11) is 0. The molecule has 104 valence electrons. The van der Waals surface area contributed by atoms with Crippen LogP contribution >= 0.6 is 0 Å². The van der Waals surface area contributed by atoms with Crippen molar-refractivity contribution < 1.29 is 14.3 Å². The highest BCUT2D eigenvalue weighted by atomic mass is 19.1. The van der Waals surface area contributed by atoms with Gasteiger partial charge in [0, 0.05) is 19.6 Å². The molecule has 1 atom stereocenters. The Balaban J connectivity index is 1.87. The van der Waals surface area contributed by atoms with E-state index in [1.165, 1.54) is 6.07 Å². The number of benzene rings is 1. The molecule has 0 radical (unpaired) electrons. The smallest absolute Gasteiger partial charge is 0.317 e. The van der Waals surface area contributed by atoms with E-state index in [4.69, 9.17) is 0 Å². The van der Waals surface area contributed by atoms with E-state index in [9.17, 15) is 14.3 Å². The fourth-order valence-corrected chi connectivity index (χ4v) is 2.18. The van der Waals surface area contributed by atoms with Gasteiger partial charge < -0.3 is 15.3 Å². The van der Waals surface area contributed by atoms with Crippen LogP contribution in [0.2, 0.25) is 0 Å². The van der Waals surface area contributed by atoms with E-state index < -0.39 is 6.10 Å². The number of aryl methyl sites for hydroxylation is 1. The maximum atomic E-state index is 13.4. The number of urea groups is 1. The fourth-order valence-electron chi connectivity index (χ4n) is 2.18. The lowest BCUT2D eigenvalue weighted by Gasteiger charge is -2.30. The van der Waals surface area contributed by atoms with Gasteiger partial charge in [-0.3, -0.25) is 0 Å². The summed E-state index contributed by atoms with van der Waals surface area (Å²) >= 11 is 0. The van der Waals surface area contributed by atoms with Crippen LogP contribution in [0.1, 0.15) is 24.0 Å². The van der Waals surface area contributed by atoms with Crippen molar-refractivity contribution in [3.8, 4) is 0 Å². The van der Waals surface area contributed by atoms with Crippen LogP contribution in [0.3, 0.4) is 0 Å². The van der Waals surface area contributed by atoms with E-state index in [0.717, 1.165) is 18.4 Å². The van der Waals surface area contributed by atoms with Crippen molar-refractivity contribution in [1.82, 2.24) is 10.2 Å². The first-order valence-corrected chi connectivity index (χ1v) is 6.52. The van der Waals surface area contributed by atoms with Crippen molar-refractivity contribution in [3.05, 3.63) is 35.1 Å². The second kappa shape index (κ2) is 6.02. The summed E-state index contributed by atoms with van der Waals surface area (Å²) in [4.78, 5) is 13.5. The first-order chi connectivity index (χ1) is 9.06. The number of β-amino-alcohol motifs (C(OH)–C–C–N with tert-alkyl or cyclic N) is 1. The molecule has 1 heterocycles. The summed E-state index contributed by atoms with van der Waals surface area (Å²) in [6.07, 6.45) is 1.12. The number of hydrogen-bond donors (Lipinski definition) is 2. The summed E-state index contributed by atoms with van der Waals surface area (Å²) in [6, 6.07) is 4.71. The highest BCUT2D eigenvalue weighted by Gasteiger charge is 2.21. The van der Waals surface area contributed by atoms with Gasteiger partial charge >= 0.3 is 6.03 Å². The van der Waals surface area contributed by atoms with Gasteiger partial charge in [0.1, 0.15) is 5.82 Å². The molecule has 0 aromatic heterocycles. The summed E-state index contributed by atoms with van der Waals surface area (Å²) in [5, 5.41) is 12.3. The first-order valence-electron chi connectivity index (χ1n) is 6.52. The molecule has 1 saturated heterocycles. The molecule has 1 unspecified atom stereocenters. The van der Waals surface area contributed by atoms with Crippen molar-refractivity contribution >= 4 is 6.03 Å². The zero-order valence-corrected chi connectivity index (χ0v) is 11.0. The Morgan fingerprint density at radius 3 is 3.05 bits per heavy atom. The molecule has 1 fully saturated rings. The SMILES string of the molecule is Cc1ccc(CNC(=O)N2CCCC(O)C2)cc1F. The quantitative estimate of drug-likeness (QED) is 0.857. The Hall–Kier alpha value is -1.62. The van der Waals surface area contributed by atoms with Gasteiger partial charge in [-0.1, -0.05) is 12.1 Å². The van der Waals surface area contributed by atoms with Gasteiger partial charge in [0.2, 0.25) is 0 Å². The second-order valence-corrected chi connectivity index (χ2v) is 4.98. The van der Waals surface area contributed by atoms with Crippen LogP contribution in [0.25, 0.3) is 0 Å². The minimum atomic E-state index is -0.434. The van der Waals surface area contributed by atoms with Crippen LogP contribution in [0.5, 0.6) is 0 Å². The van der Waals surface area contributed by atoms with Gasteiger partial charge in [0.05, 0.1) is 6.10 Å². The van der Waals surface area contributed by atoms with E-state index >= 15 is 0 Å². The van der Waals surface area contributed by atoms with Gasteiger partial charge in [-0.2, -0.15) is 0 Å². The number of aliphatic hydroxyl groups excluding tert-OH is 1. The Morgan fingerprint density at radius 1 is 1.58 bits per heavy atom. The molecule has 5 heteroatoms. The molecule has 0 spiro atoms. The Labute approximate surface area is 112 Å². The number of piperidine rings is 1. The third-order valence-corrected chi connectivity index (χ3v) is 3.36. The normalized spacial score (nSPS) is 19.3. The molecular formula is C14H19FN2O2. The number of likely N-dealkylation sites (tertiary alicyclic amines) is 1. The highest BCUT2D eigenvalue weighted by molar-refractivity contribution is 5.74. The van der Waals surface area contributed by atoms with Gasteiger partial charge in [0.15, 0.2) is 0 Å². The molecule has 2 N–H and O–H groups in total. The topological polar surface area (TPSA) is 52.6 Å². The zero-order chi connectivity index (χ0) is 13.8. The minimum absolute atomic E-state index is 0.209. The Morgan fingerprint density at radius 2 is 2.37 bits per heavy atom. The Kier molecular flexibility index (Phi) is 4.37. The minimum Gasteiger partial charge on any atom is -0.391 e. The maximum absolute atomic E-state index is 13.4. The van der Waals surface area contributed by atoms with Crippen molar-refractivity contribution in [2.75, 3.05) is 13.1 Å². The molecule has 1 aliphatic heterocycles. The summed E-state index contributed by atoms with van der Waals surface area (Å²) in [6.45, 7) is 3.02. The van der Waals surface area contributed by atoms with E-state index in [1.807, 2.05) is 0 Å². The van der Waals surface area contributed by atoms with Crippen LogP contribution < -0.4 is 5.32 Å². The van der Waals surface area contributed by atoms with Crippen LogP contribution in [-0.4, -0.2) is 35.2 Å². The number of nitrogens with one attached hydrogen (secondary N) is 1. The number of carbonyl (C=O) groups excluding carboxylic acids is 1. The average Bonchev–Trinajstić information content (AvgIpc) is 2.40. The number of amides is 2. The fraction of sp³-hybridized carbons (Fsp3) is 0.500. The molecule has 4 nitrogen and oxygen atoms in total. The third-order valence-electron chi connectivity index (χ3n) is 3.36.